The maximum atomic E-state index is 11.4. The summed E-state index contributed by atoms with van der Waals surface area (Å²) in [5, 5.41) is 0. The summed E-state index contributed by atoms with van der Waals surface area (Å²) >= 11 is 0. The van der Waals surface area contributed by atoms with Crippen LogP contribution in [0.15, 0.2) is 0 Å². The van der Waals surface area contributed by atoms with Gasteiger partial charge in [0.2, 0.25) is 0 Å². The molecule has 1 amide bonds. The summed E-state index contributed by atoms with van der Waals surface area (Å²) in [7, 11) is 0. The average Bonchev–Trinajstić information content (AvgIpc) is 2.94. The van der Waals surface area contributed by atoms with Crippen LogP contribution in [0.1, 0.15) is 60.8 Å². The van der Waals surface area contributed by atoms with Crippen LogP contribution in [0.3, 0.4) is 0 Å². The molecule has 1 heterocycles. The van der Waals surface area contributed by atoms with Gasteiger partial charge >= 0.3 is 12.1 Å². The number of carbonyl (C=O) groups is 3. The first-order valence-electron chi connectivity index (χ1n) is 7.87. The molecular formula is C16H31NO5. The number of amides is 1. The van der Waals surface area contributed by atoms with Crippen molar-refractivity contribution >= 4 is 18.3 Å². The van der Waals surface area contributed by atoms with Gasteiger partial charge in [-0.2, -0.15) is 0 Å². The van der Waals surface area contributed by atoms with E-state index in [1.54, 1.807) is 11.8 Å². The zero-order valence-corrected chi connectivity index (χ0v) is 14.8. The lowest BCUT2D eigenvalue weighted by Crippen LogP contribution is -2.34. The molecule has 6 heteroatoms. The molecule has 0 aromatic carbocycles. The highest BCUT2D eigenvalue weighted by Gasteiger charge is 2.23. The van der Waals surface area contributed by atoms with E-state index in [0.717, 1.165) is 25.9 Å². The van der Waals surface area contributed by atoms with Gasteiger partial charge in [0.05, 0.1) is 6.61 Å². The molecule has 0 saturated carbocycles. The molecular weight excluding hydrogens is 286 g/mol. The Kier molecular flexibility index (Phi) is 13.5. The minimum atomic E-state index is -0.456. The van der Waals surface area contributed by atoms with E-state index >= 15 is 0 Å². The van der Waals surface area contributed by atoms with Crippen LogP contribution in [-0.4, -0.2) is 48.5 Å². The van der Waals surface area contributed by atoms with Gasteiger partial charge in [0.1, 0.15) is 18.3 Å². The Balaban J connectivity index is 0. The van der Waals surface area contributed by atoms with E-state index in [0.29, 0.717) is 12.9 Å². The molecule has 6 nitrogen and oxygen atoms in total. The SMILES string of the molecule is CC.CC(C)(C)OC(=O)N1CCCC1.CCOC(=O)CC=O. The highest BCUT2D eigenvalue weighted by molar-refractivity contribution is 5.83. The standard InChI is InChI=1S/C9H17NO2.C5H8O3.C2H6/c1-9(2,3)12-8(11)10-6-4-5-7-10;1-2-8-5(7)3-4-6;1-2/h4-7H2,1-3H3;4H,2-3H2,1H3;1-2H3. The van der Waals surface area contributed by atoms with Crippen molar-refractivity contribution in [3.05, 3.63) is 0 Å². The van der Waals surface area contributed by atoms with Gasteiger partial charge in [0, 0.05) is 13.1 Å². The van der Waals surface area contributed by atoms with Crippen molar-refractivity contribution in [3.63, 3.8) is 0 Å². The number of rotatable bonds is 3. The van der Waals surface area contributed by atoms with Gasteiger partial charge in [-0.1, -0.05) is 13.8 Å². The molecule has 1 aliphatic rings. The third-order valence-corrected chi connectivity index (χ3v) is 2.31. The van der Waals surface area contributed by atoms with E-state index in [1.807, 2.05) is 34.6 Å². The van der Waals surface area contributed by atoms with E-state index < -0.39 is 5.97 Å². The molecule has 0 atom stereocenters. The second-order valence-corrected chi connectivity index (χ2v) is 5.35. The Morgan fingerprint density at radius 3 is 2.00 bits per heavy atom. The van der Waals surface area contributed by atoms with E-state index in [2.05, 4.69) is 4.74 Å². The lowest BCUT2D eigenvalue weighted by Gasteiger charge is -2.23. The van der Waals surface area contributed by atoms with Crippen LogP contribution in [0.2, 0.25) is 0 Å². The Hall–Kier alpha value is -1.59. The summed E-state index contributed by atoms with van der Waals surface area (Å²) in [5.41, 5.74) is -0.361. The predicted molar refractivity (Wildman–Crippen MR) is 85.7 cm³/mol. The van der Waals surface area contributed by atoms with Crippen LogP contribution in [0.25, 0.3) is 0 Å². The summed E-state index contributed by atoms with van der Waals surface area (Å²) < 4.78 is 9.62. The molecule has 1 saturated heterocycles. The number of aldehydes is 1. The first-order valence-corrected chi connectivity index (χ1v) is 7.87. The Bertz CT molecular complexity index is 317. The van der Waals surface area contributed by atoms with Crippen molar-refractivity contribution in [2.45, 2.75) is 66.4 Å². The van der Waals surface area contributed by atoms with E-state index in [4.69, 9.17) is 4.74 Å². The topological polar surface area (TPSA) is 72.9 Å². The number of likely N-dealkylation sites (tertiary alicyclic amines) is 1. The van der Waals surface area contributed by atoms with Crippen molar-refractivity contribution in [2.75, 3.05) is 19.7 Å². The van der Waals surface area contributed by atoms with Gasteiger partial charge in [0.25, 0.3) is 0 Å². The lowest BCUT2D eigenvalue weighted by molar-refractivity contribution is -0.143. The molecule has 0 radical (unpaired) electrons. The molecule has 0 N–H and O–H groups in total. The quantitative estimate of drug-likeness (QED) is 0.454. The first kappa shape index (κ1) is 22.7. The zero-order valence-electron chi connectivity index (χ0n) is 14.8. The fraction of sp³-hybridized carbons (Fsp3) is 0.812. The fourth-order valence-electron chi connectivity index (χ4n) is 1.51. The normalized spacial score (nSPS) is 13.1. The summed E-state index contributed by atoms with van der Waals surface area (Å²) in [6, 6.07) is 0. The van der Waals surface area contributed by atoms with Crippen molar-refractivity contribution in [3.8, 4) is 0 Å². The number of esters is 1. The van der Waals surface area contributed by atoms with E-state index in [-0.39, 0.29) is 18.1 Å². The summed E-state index contributed by atoms with van der Waals surface area (Å²) in [6.07, 6.45) is 2.45. The molecule has 0 spiro atoms. The van der Waals surface area contributed by atoms with Gasteiger partial charge in [-0.05, 0) is 40.5 Å². The van der Waals surface area contributed by atoms with Crippen molar-refractivity contribution in [1.82, 2.24) is 4.90 Å². The number of nitrogens with zero attached hydrogens (tertiary/aromatic N) is 1. The number of hydrogen-bond acceptors (Lipinski definition) is 5. The van der Waals surface area contributed by atoms with Crippen molar-refractivity contribution in [1.29, 1.82) is 0 Å². The van der Waals surface area contributed by atoms with Crippen LogP contribution < -0.4 is 0 Å². The summed E-state index contributed by atoms with van der Waals surface area (Å²) in [5.74, 6) is -0.456. The monoisotopic (exact) mass is 317 g/mol. The average molecular weight is 317 g/mol. The van der Waals surface area contributed by atoms with Crippen LogP contribution in [0.4, 0.5) is 4.79 Å². The van der Waals surface area contributed by atoms with Gasteiger partial charge in [-0.3, -0.25) is 4.79 Å². The second kappa shape index (κ2) is 13.1. The van der Waals surface area contributed by atoms with E-state index in [1.165, 1.54) is 0 Å². The summed E-state index contributed by atoms with van der Waals surface area (Å²) in [6.45, 7) is 13.4. The maximum absolute atomic E-state index is 11.4. The van der Waals surface area contributed by atoms with Gasteiger partial charge in [-0.25, -0.2) is 4.79 Å². The van der Waals surface area contributed by atoms with Gasteiger partial charge in [0.15, 0.2) is 0 Å². The Morgan fingerprint density at radius 2 is 1.64 bits per heavy atom. The van der Waals surface area contributed by atoms with Gasteiger partial charge < -0.3 is 19.2 Å². The Labute approximate surface area is 134 Å². The Morgan fingerprint density at radius 1 is 1.14 bits per heavy atom. The third-order valence-electron chi connectivity index (χ3n) is 2.31. The smallest absolute Gasteiger partial charge is 0.410 e. The van der Waals surface area contributed by atoms with Crippen molar-refractivity contribution < 1.29 is 23.9 Å². The molecule has 0 bridgehead atoms. The first-order chi connectivity index (χ1) is 10.3. The highest BCUT2D eigenvalue weighted by Crippen LogP contribution is 2.14. The molecule has 1 aliphatic heterocycles. The van der Waals surface area contributed by atoms with Crippen LogP contribution >= 0.6 is 0 Å². The number of carbonyl (C=O) groups excluding carboxylic acids is 3. The molecule has 0 aromatic rings. The highest BCUT2D eigenvalue weighted by atomic mass is 16.6. The molecule has 1 rings (SSSR count). The molecule has 130 valence electrons. The number of hydrogen-bond donors (Lipinski definition) is 0. The largest absolute Gasteiger partial charge is 0.466 e. The maximum Gasteiger partial charge on any atom is 0.410 e. The van der Waals surface area contributed by atoms with Crippen LogP contribution in [0.5, 0.6) is 0 Å². The predicted octanol–water partition coefficient (Wildman–Crippen LogP) is 3.18. The molecule has 0 unspecified atom stereocenters. The fourth-order valence-corrected chi connectivity index (χ4v) is 1.51. The summed E-state index contributed by atoms with van der Waals surface area (Å²) in [4.78, 5) is 32.9. The number of ether oxygens (including phenoxy) is 2. The van der Waals surface area contributed by atoms with E-state index in [9.17, 15) is 14.4 Å². The molecule has 1 fully saturated rings. The lowest BCUT2D eigenvalue weighted by atomic mass is 10.2. The second-order valence-electron chi connectivity index (χ2n) is 5.35. The molecule has 0 aliphatic carbocycles. The van der Waals surface area contributed by atoms with Crippen LogP contribution in [-0.2, 0) is 19.1 Å². The van der Waals surface area contributed by atoms with Crippen molar-refractivity contribution in [2.24, 2.45) is 0 Å². The molecule has 0 aromatic heterocycles. The van der Waals surface area contributed by atoms with Gasteiger partial charge in [-0.15, -0.1) is 0 Å². The zero-order chi connectivity index (χ0) is 17.6. The molecule has 22 heavy (non-hydrogen) atoms. The minimum absolute atomic E-state index is 0.131. The minimum Gasteiger partial charge on any atom is -0.466 e. The van der Waals surface area contributed by atoms with Crippen LogP contribution in [0, 0.1) is 0 Å². The third kappa shape index (κ3) is 13.4.